The maximum absolute atomic E-state index is 13.2. The SMILES string of the molecule is CCCCCCCCOC(=O)CC1Cc2ccc(C(=O)c3ccc(C=NN4CCN(C)CC4)cc3)cc2OC1N. The highest BCUT2D eigenvalue weighted by atomic mass is 16.5. The van der Waals surface area contributed by atoms with E-state index in [4.69, 9.17) is 15.2 Å². The third kappa shape index (κ3) is 8.63. The lowest BCUT2D eigenvalue weighted by molar-refractivity contribution is -0.145. The number of ether oxygens (including phenoxy) is 2. The zero-order valence-electron chi connectivity index (χ0n) is 24.0. The number of hydrogen-bond acceptors (Lipinski definition) is 8. The Labute approximate surface area is 238 Å². The predicted molar refractivity (Wildman–Crippen MR) is 158 cm³/mol. The first kappa shape index (κ1) is 29.7. The average Bonchev–Trinajstić information content (AvgIpc) is 2.96. The summed E-state index contributed by atoms with van der Waals surface area (Å²) in [4.78, 5) is 27.8. The molecule has 0 aliphatic carbocycles. The first-order valence-electron chi connectivity index (χ1n) is 14.8. The number of carbonyl (C=O) groups is 2. The molecular formula is C32H44N4O4. The maximum atomic E-state index is 13.2. The Morgan fingerprint density at radius 1 is 1.00 bits per heavy atom. The fourth-order valence-electron chi connectivity index (χ4n) is 5.09. The molecule has 2 aromatic rings. The van der Waals surface area contributed by atoms with Crippen LogP contribution >= 0.6 is 0 Å². The van der Waals surface area contributed by atoms with Crippen LogP contribution < -0.4 is 10.5 Å². The first-order chi connectivity index (χ1) is 19.4. The van der Waals surface area contributed by atoms with Crippen LogP contribution in [-0.4, -0.2) is 73.9 Å². The van der Waals surface area contributed by atoms with Gasteiger partial charge in [0.15, 0.2) is 12.0 Å². The van der Waals surface area contributed by atoms with Gasteiger partial charge in [-0.1, -0.05) is 75.4 Å². The molecule has 8 heteroatoms. The summed E-state index contributed by atoms with van der Waals surface area (Å²) in [7, 11) is 2.12. The van der Waals surface area contributed by atoms with Crippen molar-refractivity contribution in [3.63, 3.8) is 0 Å². The number of ketones is 1. The number of hydrogen-bond donors (Lipinski definition) is 1. The minimum absolute atomic E-state index is 0.0806. The summed E-state index contributed by atoms with van der Waals surface area (Å²) in [5, 5.41) is 6.64. The highest BCUT2D eigenvalue weighted by Crippen LogP contribution is 2.32. The second kappa shape index (κ2) is 15.0. The van der Waals surface area contributed by atoms with Gasteiger partial charge < -0.3 is 14.4 Å². The molecule has 0 radical (unpaired) electrons. The van der Waals surface area contributed by atoms with Crippen LogP contribution in [0.3, 0.4) is 0 Å². The van der Waals surface area contributed by atoms with Gasteiger partial charge in [-0.2, -0.15) is 5.10 Å². The summed E-state index contributed by atoms with van der Waals surface area (Å²) < 4.78 is 11.4. The molecule has 0 bridgehead atoms. The Morgan fingerprint density at radius 3 is 2.45 bits per heavy atom. The Morgan fingerprint density at radius 2 is 1.70 bits per heavy atom. The van der Waals surface area contributed by atoms with Gasteiger partial charge in [-0.05, 0) is 37.1 Å². The number of fused-ring (bicyclic) bond motifs is 1. The van der Waals surface area contributed by atoms with Gasteiger partial charge in [-0.15, -0.1) is 0 Å². The van der Waals surface area contributed by atoms with Crippen molar-refractivity contribution in [2.45, 2.75) is 64.5 Å². The second-order valence-corrected chi connectivity index (χ2v) is 11.0. The molecule has 2 heterocycles. The summed E-state index contributed by atoms with van der Waals surface area (Å²) in [6.07, 6.45) is 8.94. The molecule has 2 aromatic carbocycles. The lowest BCUT2D eigenvalue weighted by Crippen LogP contribution is -2.41. The molecule has 1 fully saturated rings. The molecule has 0 saturated carbocycles. The molecule has 2 N–H and O–H groups in total. The van der Waals surface area contributed by atoms with Crippen LogP contribution in [0.2, 0.25) is 0 Å². The Bertz CT molecular complexity index is 1140. The molecule has 8 nitrogen and oxygen atoms in total. The van der Waals surface area contributed by atoms with E-state index in [0.29, 0.717) is 29.9 Å². The molecule has 40 heavy (non-hydrogen) atoms. The largest absolute Gasteiger partial charge is 0.475 e. The molecule has 0 amide bonds. The number of benzene rings is 2. The van der Waals surface area contributed by atoms with Gasteiger partial charge in [-0.25, -0.2) is 0 Å². The zero-order chi connectivity index (χ0) is 28.3. The molecule has 2 aliphatic rings. The van der Waals surface area contributed by atoms with E-state index in [0.717, 1.165) is 50.1 Å². The molecule has 4 rings (SSSR count). The molecule has 1 saturated heterocycles. The summed E-state index contributed by atoms with van der Waals surface area (Å²) in [6.45, 7) is 6.50. The monoisotopic (exact) mass is 548 g/mol. The Kier molecular flexibility index (Phi) is 11.1. The summed E-state index contributed by atoms with van der Waals surface area (Å²) in [5.41, 5.74) is 9.32. The van der Waals surface area contributed by atoms with Crippen molar-refractivity contribution in [1.29, 1.82) is 0 Å². The van der Waals surface area contributed by atoms with Crippen molar-refractivity contribution >= 4 is 18.0 Å². The van der Waals surface area contributed by atoms with Crippen molar-refractivity contribution < 1.29 is 19.1 Å². The molecule has 0 aromatic heterocycles. The standard InChI is InChI=1S/C32H44N4O4/c1-3-4-5-6-7-8-19-39-30(37)22-28-20-26-13-14-27(21-29(26)40-32(28)33)31(38)25-11-9-24(10-12-25)23-34-36-17-15-35(2)16-18-36/h9-14,21,23,28,32H,3-8,15-20,22,33H2,1-2H3. The van der Waals surface area contributed by atoms with Crippen LogP contribution in [0.1, 0.15) is 78.9 Å². The Hall–Kier alpha value is -3.23. The molecule has 2 aliphatic heterocycles. The van der Waals surface area contributed by atoms with Gasteiger partial charge >= 0.3 is 5.97 Å². The number of carbonyl (C=O) groups excluding carboxylic acids is 2. The van der Waals surface area contributed by atoms with Crippen LogP contribution in [0.25, 0.3) is 0 Å². The van der Waals surface area contributed by atoms with Crippen LogP contribution in [0, 0.1) is 5.92 Å². The highest BCUT2D eigenvalue weighted by Gasteiger charge is 2.30. The van der Waals surface area contributed by atoms with Gasteiger partial charge in [-0.3, -0.25) is 20.3 Å². The summed E-state index contributed by atoms with van der Waals surface area (Å²) in [6, 6.07) is 13.0. The maximum Gasteiger partial charge on any atom is 0.306 e. The molecule has 2 atom stereocenters. The van der Waals surface area contributed by atoms with Gasteiger partial charge in [0.1, 0.15) is 5.75 Å². The number of esters is 1. The van der Waals surface area contributed by atoms with Crippen LogP contribution in [0.4, 0.5) is 0 Å². The smallest absolute Gasteiger partial charge is 0.306 e. The van der Waals surface area contributed by atoms with Crippen molar-refractivity contribution in [3.05, 3.63) is 64.7 Å². The number of nitrogens with zero attached hydrogens (tertiary/aromatic N) is 3. The quantitative estimate of drug-likeness (QED) is 0.169. The van der Waals surface area contributed by atoms with Crippen molar-refractivity contribution in [1.82, 2.24) is 9.91 Å². The van der Waals surface area contributed by atoms with E-state index < -0.39 is 6.23 Å². The fraction of sp³-hybridized carbons (Fsp3) is 0.531. The van der Waals surface area contributed by atoms with E-state index in [9.17, 15) is 9.59 Å². The molecule has 2 unspecified atom stereocenters. The van der Waals surface area contributed by atoms with Crippen molar-refractivity contribution in [2.24, 2.45) is 16.8 Å². The predicted octanol–water partition coefficient (Wildman–Crippen LogP) is 4.63. The topological polar surface area (TPSA) is 97.5 Å². The minimum atomic E-state index is -0.627. The van der Waals surface area contributed by atoms with Crippen LogP contribution in [0.5, 0.6) is 5.75 Å². The third-order valence-electron chi connectivity index (χ3n) is 7.75. The van der Waals surface area contributed by atoms with Gasteiger partial charge in [0.2, 0.25) is 0 Å². The molecule has 0 spiro atoms. The van der Waals surface area contributed by atoms with Crippen molar-refractivity contribution in [3.8, 4) is 5.75 Å². The number of piperazine rings is 1. The van der Waals surface area contributed by atoms with E-state index in [2.05, 4.69) is 29.0 Å². The normalized spacial score (nSPS) is 19.3. The zero-order valence-corrected chi connectivity index (χ0v) is 24.0. The van der Waals surface area contributed by atoms with Gasteiger partial charge in [0.05, 0.1) is 19.2 Å². The van der Waals surface area contributed by atoms with E-state index in [1.807, 2.05) is 42.6 Å². The summed E-state index contributed by atoms with van der Waals surface area (Å²) >= 11 is 0. The third-order valence-corrected chi connectivity index (χ3v) is 7.75. The van der Waals surface area contributed by atoms with E-state index in [-0.39, 0.29) is 24.1 Å². The van der Waals surface area contributed by atoms with E-state index >= 15 is 0 Å². The number of likely N-dealkylation sites (N-methyl/N-ethyl adjacent to an activating group) is 1. The van der Waals surface area contributed by atoms with Crippen LogP contribution in [-0.2, 0) is 16.0 Å². The Balaban J connectivity index is 1.27. The van der Waals surface area contributed by atoms with E-state index in [1.165, 1.54) is 25.7 Å². The van der Waals surface area contributed by atoms with E-state index in [1.54, 1.807) is 6.07 Å². The van der Waals surface area contributed by atoms with Crippen molar-refractivity contribution in [2.75, 3.05) is 39.8 Å². The lowest BCUT2D eigenvalue weighted by Gasteiger charge is -2.30. The number of rotatable bonds is 13. The number of nitrogens with two attached hydrogens (primary N) is 1. The first-order valence-corrected chi connectivity index (χ1v) is 14.8. The number of unbranched alkanes of at least 4 members (excludes halogenated alkanes) is 5. The summed E-state index contributed by atoms with van der Waals surface area (Å²) in [5.74, 6) is 0.130. The highest BCUT2D eigenvalue weighted by molar-refractivity contribution is 6.09. The van der Waals surface area contributed by atoms with Crippen LogP contribution in [0.15, 0.2) is 47.6 Å². The second-order valence-electron chi connectivity index (χ2n) is 11.0. The number of hydrazone groups is 1. The lowest BCUT2D eigenvalue weighted by atomic mass is 9.90. The molecular weight excluding hydrogens is 504 g/mol. The van der Waals surface area contributed by atoms with Gasteiger partial charge in [0.25, 0.3) is 0 Å². The molecule has 216 valence electrons. The average molecular weight is 549 g/mol. The van der Waals surface area contributed by atoms with Gasteiger partial charge in [0, 0.05) is 43.2 Å². The minimum Gasteiger partial charge on any atom is -0.475 e. The fourth-order valence-corrected chi connectivity index (χ4v) is 5.09.